The normalized spacial score (nSPS) is 18.4. The topological polar surface area (TPSA) is 98.5 Å². The lowest BCUT2D eigenvalue weighted by molar-refractivity contribution is -0.433. The number of carbonyl (C=O) groups excluding carboxylic acids is 2. The minimum absolute atomic E-state index is 0.00162. The van der Waals surface area contributed by atoms with Crippen molar-refractivity contribution in [2.45, 2.75) is 12.8 Å². The monoisotopic (exact) mass is 376 g/mol. The van der Waals surface area contributed by atoms with Gasteiger partial charge in [-0.3, -0.25) is 19.7 Å². The van der Waals surface area contributed by atoms with Crippen LogP contribution in [0.25, 0.3) is 0 Å². The van der Waals surface area contributed by atoms with Gasteiger partial charge >= 0.3 is 5.70 Å². The van der Waals surface area contributed by atoms with Gasteiger partial charge in [-0.1, -0.05) is 54.1 Å². The number of hydrogen-bond acceptors (Lipinski definition) is 6. The summed E-state index contributed by atoms with van der Waals surface area (Å²) in [6.45, 7) is 1.90. The van der Waals surface area contributed by atoms with E-state index in [4.69, 9.17) is 4.74 Å². The van der Waals surface area contributed by atoms with Crippen LogP contribution in [0.3, 0.4) is 0 Å². The molecule has 7 heteroatoms. The number of ether oxygens (including phenoxy) is 1. The Morgan fingerprint density at radius 1 is 1.00 bits per heavy atom. The molecule has 0 radical (unpaired) electrons. The highest BCUT2D eigenvalue weighted by molar-refractivity contribution is 6.27. The number of ketones is 2. The van der Waals surface area contributed by atoms with Crippen LogP contribution < -0.4 is 5.32 Å². The molecule has 1 aliphatic carbocycles. The van der Waals surface area contributed by atoms with Gasteiger partial charge in [0.25, 0.3) is 5.88 Å². The van der Waals surface area contributed by atoms with E-state index in [0.717, 1.165) is 5.56 Å². The molecule has 1 aliphatic heterocycles. The van der Waals surface area contributed by atoms with Crippen LogP contribution in [0.4, 0.5) is 0 Å². The van der Waals surface area contributed by atoms with Gasteiger partial charge in [0.05, 0.1) is 10.5 Å². The van der Waals surface area contributed by atoms with Crippen LogP contribution in [0.5, 0.6) is 0 Å². The van der Waals surface area contributed by atoms with Gasteiger partial charge in [0, 0.05) is 18.2 Å². The summed E-state index contributed by atoms with van der Waals surface area (Å²) in [5.74, 6) is -2.23. The number of allylic oxidation sites excluding steroid dienone is 2. The summed E-state index contributed by atoms with van der Waals surface area (Å²) >= 11 is 0. The molecular weight excluding hydrogens is 360 g/mol. The molecule has 0 spiro atoms. The van der Waals surface area contributed by atoms with Gasteiger partial charge < -0.3 is 10.1 Å². The number of hydrogen-bond donors (Lipinski definition) is 1. The number of fused-ring (bicyclic) bond motifs is 1. The zero-order valence-corrected chi connectivity index (χ0v) is 15.2. The van der Waals surface area contributed by atoms with E-state index >= 15 is 0 Å². The van der Waals surface area contributed by atoms with Crippen molar-refractivity contribution in [3.63, 3.8) is 0 Å². The third-order valence-corrected chi connectivity index (χ3v) is 4.95. The van der Waals surface area contributed by atoms with Crippen molar-refractivity contribution in [3.8, 4) is 0 Å². The van der Waals surface area contributed by atoms with Crippen molar-refractivity contribution >= 4 is 11.6 Å². The van der Waals surface area contributed by atoms with Gasteiger partial charge in [-0.15, -0.1) is 0 Å². The molecule has 0 bridgehead atoms. The van der Waals surface area contributed by atoms with Gasteiger partial charge in [0.1, 0.15) is 5.92 Å². The van der Waals surface area contributed by atoms with E-state index in [-0.39, 0.29) is 34.0 Å². The maximum absolute atomic E-state index is 13.3. The average molecular weight is 376 g/mol. The first kappa shape index (κ1) is 17.7. The molecule has 2 aliphatic rings. The molecule has 1 N–H and O–H groups in total. The third-order valence-electron chi connectivity index (χ3n) is 4.95. The second-order valence-corrected chi connectivity index (χ2v) is 6.61. The van der Waals surface area contributed by atoms with Gasteiger partial charge in [0.15, 0.2) is 11.5 Å². The predicted octanol–water partition coefficient (Wildman–Crippen LogP) is 3.11. The van der Waals surface area contributed by atoms with Crippen molar-refractivity contribution < 1.29 is 19.2 Å². The van der Waals surface area contributed by atoms with E-state index in [2.05, 4.69) is 5.32 Å². The molecule has 4 rings (SSSR count). The molecule has 2 aromatic carbocycles. The molecule has 140 valence electrons. The predicted molar refractivity (Wildman–Crippen MR) is 100 cm³/mol. The van der Waals surface area contributed by atoms with Crippen molar-refractivity contribution in [2.75, 3.05) is 7.05 Å². The first-order valence-corrected chi connectivity index (χ1v) is 8.67. The summed E-state index contributed by atoms with van der Waals surface area (Å²) in [6.07, 6.45) is 0. The van der Waals surface area contributed by atoms with Crippen LogP contribution in [0.1, 0.15) is 37.8 Å². The zero-order valence-electron chi connectivity index (χ0n) is 15.2. The van der Waals surface area contributed by atoms with Crippen molar-refractivity contribution in [1.29, 1.82) is 0 Å². The minimum atomic E-state index is -1.02. The number of rotatable bonds is 3. The number of aryl methyl sites for hydroxylation is 1. The van der Waals surface area contributed by atoms with Crippen LogP contribution >= 0.6 is 0 Å². The largest absolute Gasteiger partial charge is 0.431 e. The fourth-order valence-electron chi connectivity index (χ4n) is 3.61. The van der Waals surface area contributed by atoms with Gasteiger partial charge in [-0.25, -0.2) is 0 Å². The Bertz CT molecular complexity index is 1100. The number of nitrogens with one attached hydrogen (secondary N) is 1. The summed E-state index contributed by atoms with van der Waals surface area (Å²) in [7, 11) is 1.47. The van der Waals surface area contributed by atoms with E-state index < -0.39 is 22.4 Å². The molecule has 0 saturated carbocycles. The van der Waals surface area contributed by atoms with Crippen LogP contribution in [0.15, 0.2) is 71.4 Å². The average Bonchev–Trinajstić information content (AvgIpc) is 2.71. The number of Topliss-reactive ketones (excluding diaryl/α,β-unsaturated/α-hetero) is 2. The van der Waals surface area contributed by atoms with E-state index in [1.165, 1.54) is 7.05 Å². The lowest BCUT2D eigenvalue weighted by atomic mass is 9.77. The van der Waals surface area contributed by atoms with Gasteiger partial charge in [0.2, 0.25) is 5.78 Å². The van der Waals surface area contributed by atoms with Crippen molar-refractivity contribution in [1.82, 2.24) is 5.32 Å². The van der Waals surface area contributed by atoms with Crippen LogP contribution in [0.2, 0.25) is 0 Å². The SMILES string of the molecule is CNC1=C([N+](=O)[O-])C(c2ccc(C)cc2)C2=C(O1)C(=O)c1ccccc1C2=O. The number of nitro groups is 1. The minimum Gasteiger partial charge on any atom is -0.431 e. The Kier molecular flexibility index (Phi) is 4.07. The first-order chi connectivity index (χ1) is 13.4. The molecule has 0 amide bonds. The highest BCUT2D eigenvalue weighted by Gasteiger charge is 2.48. The summed E-state index contributed by atoms with van der Waals surface area (Å²) < 4.78 is 5.56. The van der Waals surface area contributed by atoms with E-state index in [9.17, 15) is 19.7 Å². The molecule has 7 nitrogen and oxygen atoms in total. The number of nitrogens with zero attached hydrogens (tertiary/aromatic N) is 1. The van der Waals surface area contributed by atoms with E-state index in [0.29, 0.717) is 5.56 Å². The first-order valence-electron chi connectivity index (χ1n) is 8.67. The molecule has 1 unspecified atom stereocenters. The van der Waals surface area contributed by atoms with Crippen LogP contribution in [-0.2, 0) is 4.74 Å². The zero-order chi connectivity index (χ0) is 20.0. The van der Waals surface area contributed by atoms with Gasteiger partial charge in [-0.2, -0.15) is 0 Å². The smallest absolute Gasteiger partial charge is 0.317 e. The van der Waals surface area contributed by atoms with Crippen molar-refractivity contribution in [2.24, 2.45) is 0 Å². The highest BCUT2D eigenvalue weighted by atomic mass is 16.6. The summed E-state index contributed by atoms with van der Waals surface area (Å²) in [6, 6.07) is 13.5. The molecular formula is C21H16N2O5. The standard InChI is InChI=1S/C21H16N2O5/c1-11-7-9-12(10-8-11)15-16-18(24)13-5-3-4-6-14(13)19(25)20(16)28-21(22-2)17(15)23(26)27/h3-10,15,22H,1-2H3. The lowest BCUT2D eigenvalue weighted by Gasteiger charge is -2.30. The third kappa shape index (κ3) is 2.51. The van der Waals surface area contributed by atoms with Crippen LogP contribution in [-0.4, -0.2) is 23.5 Å². The molecule has 0 fully saturated rings. The second-order valence-electron chi connectivity index (χ2n) is 6.61. The van der Waals surface area contributed by atoms with Crippen LogP contribution in [0, 0.1) is 17.0 Å². The fraction of sp³-hybridized carbons (Fsp3) is 0.143. The Labute approximate surface area is 160 Å². The maximum Gasteiger partial charge on any atom is 0.317 e. The Morgan fingerprint density at radius 2 is 1.61 bits per heavy atom. The summed E-state index contributed by atoms with van der Waals surface area (Å²) in [5.41, 5.74) is 1.67. The number of benzene rings is 2. The molecule has 1 atom stereocenters. The Hall–Kier alpha value is -3.74. The molecule has 0 saturated heterocycles. The Balaban J connectivity index is 2.00. The fourth-order valence-corrected chi connectivity index (χ4v) is 3.61. The second kappa shape index (κ2) is 6.45. The van der Waals surface area contributed by atoms with E-state index in [1.807, 2.05) is 19.1 Å². The quantitative estimate of drug-likeness (QED) is 0.653. The molecule has 28 heavy (non-hydrogen) atoms. The summed E-state index contributed by atoms with van der Waals surface area (Å²) in [5, 5.41) is 14.5. The highest BCUT2D eigenvalue weighted by Crippen LogP contribution is 2.44. The molecule has 1 heterocycles. The Morgan fingerprint density at radius 3 is 2.18 bits per heavy atom. The van der Waals surface area contributed by atoms with Gasteiger partial charge in [-0.05, 0) is 12.5 Å². The van der Waals surface area contributed by atoms with E-state index in [1.54, 1.807) is 36.4 Å². The summed E-state index contributed by atoms with van der Waals surface area (Å²) in [4.78, 5) is 37.6. The number of carbonyl (C=O) groups is 2. The molecule has 2 aromatic rings. The van der Waals surface area contributed by atoms with Crippen molar-refractivity contribution in [3.05, 3.63) is 104 Å². The maximum atomic E-state index is 13.3. The molecule has 0 aromatic heterocycles. The lowest BCUT2D eigenvalue weighted by Crippen LogP contribution is -2.35.